The molecule has 0 saturated carbocycles. The van der Waals surface area contributed by atoms with Crippen molar-refractivity contribution in [3.8, 4) is 0 Å². The summed E-state index contributed by atoms with van der Waals surface area (Å²) in [5.41, 5.74) is 1.46. The molecule has 40 heavy (non-hydrogen) atoms. The van der Waals surface area contributed by atoms with Gasteiger partial charge in [-0.1, -0.05) is 108 Å². The van der Waals surface area contributed by atoms with Gasteiger partial charge in [0.2, 0.25) is 0 Å². The van der Waals surface area contributed by atoms with Crippen molar-refractivity contribution in [2.45, 2.75) is 125 Å². The smallest absolute Gasteiger partial charge is 0.175 e. The molecule has 0 bridgehead atoms. The maximum absolute atomic E-state index is 17.4. The third-order valence-electron chi connectivity index (χ3n) is 7.62. The normalized spacial score (nSPS) is 12.6. The Bertz CT molecular complexity index is 1060. The summed E-state index contributed by atoms with van der Waals surface area (Å²) in [5.74, 6) is 0. The number of halogens is 4. The van der Waals surface area contributed by atoms with Crippen LogP contribution in [0.2, 0.25) is 0 Å². The molecule has 5 heteroatoms. The molecule has 0 nitrogen and oxygen atoms in total. The SMILES string of the molecule is CCCCCCCCc1ccc(S(F)(c2ccc(CCCCCCCC)cc2)c2cccc(C(F)(F)F)c2)cc1. The van der Waals surface area contributed by atoms with E-state index in [1.165, 1.54) is 76.3 Å². The van der Waals surface area contributed by atoms with Crippen LogP contribution in [0.25, 0.3) is 0 Å². The van der Waals surface area contributed by atoms with Gasteiger partial charge in [-0.05, 0) is 89.7 Å². The monoisotopic (exact) mass is 574 g/mol. The minimum absolute atomic E-state index is 0.0784. The van der Waals surface area contributed by atoms with Crippen LogP contribution in [0.15, 0.2) is 87.5 Å². The van der Waals surface area contributed by atoms with E-state index in [1.807, 2.05) is 24.3 Å². The van der Waals surface area contributed by atoms with E-state index in [-0.39, 0.29) is 4.90 Å². The fourth-order valence-electron chi connectivity index (χ4n) is 5.16. The summed E-state index contributed by atoms with van der Waals surface area (Å²) in [6, 6.07) is 19.7. The Balaban J connectivity index is 1.82. The van der Waals surface area contributed by atoms with E-state index in [1.54, 1.807) is 24.3 Å². The molecule has 0 aliphatic heterocycles. The molecular weight excluding hydrogens is 528 g/mol. The second kappa shape index (κ2) is 16.2. The molecule has 220 valence electrons. The van der Waals surface area contributed by atoms with Crippen LogP contribution in [0, 0.1) is 0 Å². The summed E-state index contributed by atoms with van der Waals surface area (Å²) in [5, 5.41) is 0. The molecule has 0 aliphatic carbocycles. The van der Waals surface area contributed by atoms with Gasteiger partial charge in [-0.3, -0.25) is 0 Å². The second-order valence-electron chi connectivity index (χ2n) is 10.9. The van der Waals surface area contributed by atoms with Crippen molar-refractivity contribution in [3.05, 3.63) is 89.5 Å². The van der Waals surface area contributed by atoms with Crippen molar-refractivity contribution >= 4 is 10.4 Å². The van der Waals surface area contributed by atoms with Crippen LogP contribution in [0.5, 0.6) is 0 Å². The highest BCUT2D eigenvalue weighted by atomic mass is 32.3. The number of alkyl halides is 3. The summed E-state index contributed by atoms with van der Waals surface area (Å²) in [6.07, 6.45) is 11.8. The lowest BCUT2D eigenvalue weighted by Gasteiger charge is -2.33. The summed E-state index contributed by atoms with van der Waals surface area (Å²) in [6.45, 7) is 4.41. The third kappa shape index (κ3) is 9.39. The predicted octanol–water partition coefficient (Wildman–Crippen LogP) is 12.7. The first-order valence-electron chi connectivity index (χ1n) is 15.2. The van der Waals surface area contributed by atoms with Crippen molar-refractivity contribution in [3.63, 3.8) is 0 Å². The average molecular weight is 575 g/mol. The molecule has 0 unspecified atom stereocenters. The largest absolute Gasteiger partial charge is 0.416 e. The van der Waals surface area contributed by atoms with Crippen LogP contribution in [-0.2, 0) is 19.0 Å². The molecule has 3 aromatic rings. The van der Waals surface area contributed by atoms with Gasteiger partial charge in [-0.2, -0.15) is 17.1 Å². The fourth-order valence-corrected chi connectivity index (χ4v) is 7.56. The molecule has 3 rings (SSSR count). The first-order valence-corrected chi connectivity index (χ1v) is 16.7. The van der Waals surface area contributed by atoms with Gasteiger partial charge in [0.1, 0.15) is 0 Å². The van der Waals surface area contributed by atoms with E-state index in [0.29, 0.717) is 9.79 Å². The highest BCUT2D eigenvalue weighted by Crippen LogP contribution is 2.70. The Hall–Kier alpha value is -2.27. The van der Waals surface area contributed by atoms with Gasteiger partial charge in [-0.15, -0.1) is 0 Å². The first kappa shape index (κ1) is 32.2. The Labute approximate surface area is 241 Å². The summed E-state index contributed by atoms with van der Waals surface area (Å²) in [4.78, 5) is 0.944. The molecule has 0 radical (unpaired) electrons. The van der Waals surface area contributed by atoms with E-state index in [0.717, 1.165) is 48.9 Å². The van der Waals surface area contributed by atoms with Crippen LogP contribution in [0.4, 0.5) is 17.1 Å². The molecule has 0 aliphatic rings. The zero-order valence-electron chi connectivity index (χ0n) is 24.2. The van der Waals surface area contributed by atoms with E-state index in [2.05, 4.69) is 13.8 Å². The van der Waals surface area contributed by atoms with Crippen LogP contribution in [0.3, 0.4) is 0 Å². The summed E-state index contributed by atoms with van der Waals surface area (Å²) >= 11 is 0. The lowest BCUT2D eigenvalue weighted by atomic mass is 10.1. The maximum atomic E-state index is 17.4. The molecule has 3 aromatic carbocycles. The quantitative estimate of drug-likeness (QED) is 0.111. The Morgan fingerprint density at radius 3 is 1.38 bits per heavy atom. The molecule has 0 fully saturated rings. The number of benzene rings is 3. The standard InChI is InChI=1S/C35H46F4S/c1-3-5-7-9-11-13-16-29-20-24-32(25-21-29)40(39,34-19-15-18-31(28-34)35(36,37)38)33-26-22-30(23-27-33)17-14-12-10-8-6-4-2/h15,18-28H,3-14,16-17H2,1-2H3. The van der Waals surface area contributed by atoms with Crippen molar-refractivity contribution < 1.29 is 17.1 Å². The number of rotatable bonds is 17. The van der Waals surface area contributed by atoms with E-state index < -0.39 is 22.2 Å². The first-order chi connectivity index (χ1) is 19.3. The third-order valence-corrected chi connectivity index (χ3v) is 10.4. The molecule has 0 heterocycles. The zero-order chi connectivity index (χ0) is 28.8. The Morgan fingerprint density at radius 1 is 0.525 bits per heavy atom. The minimum Gasteiger partial charge on any atom is -0.175 e. The van der Waals surface area contributed by atoms with Gasteiger partial charge in [0.25, 0.3) is 0 Å². The highest BCUT2D eigenvalue weighted by molar-refractivity contribution is 8.29. The van der Waals surface area contributed by atoms with E-state index >= 15 is 3.89 Å². The van der Waals surface area contributed by atoms with Gasteiger partial charge in [0.05, 0.1) is 5.56 Å². The lowest BCUT2D eigenvalue weighted by molar-refractivity contribution is -0.137. The van der Waals surface area contributed by atoms with Crippen LogP contribution >= 0.6 is 10.4 Å². The fraction of sp³-hybridized carbons (Fsp3) is 0.486. The summed E-state index contributed by atoms with van der Waals surface area (Å²) < 4.78 is 58.1. The summed E-state index contributed by atoms with van der Waals surface area (Å²) in [7, 11) is -3.36. The van der Waals surface area contributed by atoms with Crippen molar-refractivity contribution in [2.75, 3.05) is 0 Å². The van der Waals surface area contributed by atoms with Gasteiger partial charge < -0.3 is 0 Å². The van der Waals surface area contributed by atoms with Crippen molar-refractivity contribution in [1.82, 2.24) is 0 Å². The number of unbranched alkanes of at least 4 members (excludes halogenated alkanes) is 10. The van der Waals surface area contributed by atoms with Gasteiger partial charge in [0, 0.05) is 14.7 Å². The minimum atomic E-state index is -4.53. The highest BCUT2D eigenvalue weighted by Gasteiger charge is 2.35. The maximum Gasteiger partial charge on any atom is 0.416 e. The predicted molar refractivity (Wildman–Crippen MR) is 162 cm³/mol. The van der Waals surface area contributed by atoms with Crippen LogP contribution in [-0.4, -0.2) is 0 Å². The Morgan fingerprint density at radius 2 is 0.950 bits per heavy atom. The van der Waals surface area contributed by atoms with Crippen LogP contribution < -0.4 is 0 Å². The zero-order valence-corrected chi connectivity index (χ0v) is 25.1. The van der Waals surface area contributed by atoms with Gasteiger partial charge >= 0.3 is 6.18 Å². The average Bonchev–Trinajstić information content (AvgIpc) is 2.96. The lowest BCUT2D eigenvalue weighted by Crippen LogP contribution is -2.06. The van der Waals surface area contributed by atoms with E-state index in [9.17, 15) is 13.2 Å². The topological polar surface area (TPSA) is 0 Å². The van der Waals surface area contributed by atoms with E-state index in [4.69, 9.17) is 0 Å². The molecule has 0 atom stereocenters. The number of aryl methyl sites for hydroxylation is 2. The Kier molecular flexibility index (Phi) is 13.1. The van der Waals surface area contributed by atoms with Crippen molar-refractivity contribution in [1.29, 1.82) is 0 Å². The molecule has 0 aromatic heterocycles. The van der Waals surface area contributed by atoms with Crippen LogP contribution in [0.1, 0.15) is 108 Å². The molecule has 0 amide bonds. The van der Waals surface area contributed by atoms with Crippen molar-refractivity contribution in [2.24, 2.45) is 0 Å². The molecule has 0 N–H and O–H groups in total. The second-order valence-corrected chi connectivity index (χ2v) is 13.4. The number of hydrogen-bond acceptors (Lipinski definition) is 0. The van der Waals surface area contributed by atoms with Gasteiger partial charge in [0.15, 0.2) is 0 Å². The molecule has 0 spiro atoms. The number of hydrogen-bond donors (Lipinski definition) is 0. The van der Waals surface area contributed by atoms with Gasteiger partial charge in [-0.25, -0.2) is 0 Å². The molecule has 0 saturated heterocycles. The molecular formula is C35H46F4S.